The molecule has 3 N–H and O–H groups in total. The Hall–Kier alpha value is -2.50. The summed E-state index contributed by atoms with van der Waals surface area (Å²) in [5.41, 5.74) is 6.80. The highest BCUT2D eigenvalue weighted by Gasteiger charge is 2.54. The first-order chi connectivity index (χ1) is 47.5. The molecule has 0 aromatic carbocycles. The first-order valence-electron chi connectivity index (χ1n) is 40.7. The summed E-state index contributed by atoms with van der Waals surface area (Å²) >= 11 is 3.62. The molecular weight excluding hydrogens is 1400 g/mol. The quantitative estimate of drug-likeness (QED) is 0.0166. The molecule has 5 aliphatic carbocycles. The fourth-order valence-corrected chi connectivity index (χ4v) is 22.5. The molecule has 10 nitrogen and oxygen atoms in total. The smallest absolute Gasteiger partial charge is 0.334 e. The Morgan fingerprint density at radius 2 is 1.14 bits per heavy atom. The number of hydrogen-bond donors (Lipinski definition) is 3. The third-order valence-electron chi connectivity index (χ3n) is 27.6. The summed E-state index contributed by atoms with van der Waals surface area (Å²) in [4.78, 5) is 26.6. The lowest BCUT2D eigenvalue weighted by atomic mass is 9.60. The van der Waals surface area contributed by atoms with Gasteiger partial charge in [0, 0.05) is 54.5 Å². The van der Waals surface area contributed by atoms with E-state index in [-0.39, 0.29) is 91.9 Å². The van der Waals surface area contributed by atoms with Gasteiger partial charge in [-0.05, 0) is 239 Å². The van der Waals surface area contributed by atoms with Crippen LogP contribution in [0, 0.1) is 82.4 Å². The highest BCUT2D eigenvalue weighted by molar-refractivity contribution is 9.11. The van der Waals surface area contributed by atoms with Crippen molar-refractivity contribution in [1.82, 2.24) is 0 Å². The number of esters is 2. The van der Waals surface area contributed by atoms with Crippen molar-refractivity contribution in [2.75, 3.05) is 13.2 Å². The Morgan fingerprint density at radius 1 is 0.680 bits per heavy atom. The van der Waals surface area contributed by atoms with Gasteiger partial charge in [0.1, 0.15) is 12.2 Å². The van der Waals surface area contributed by atoms with Crippen LogP contribution in [0.15, 0.2) is 83.0 Å². The van der Waals surface area contributed by atoms with Crippen LogP contribution in [0.25, 0.3) is 0 Å². The van der Waals surface area contributed by atoms with Crippen molar-refractivity contribution in [2.24, 2.45) is 70.0 Å². The molecule has 2 heterocycles. The van der Waals surface area contributed by atoms with Gasteiger partial charge in [0.25, 0.3) is 0 Å². The van der Waals surface area contributed by atoms with Crippen LogP contribution in [0.4, 0.5) is 4.70 Å². The topological polar surface area (TPSA) is 141 Å². The minimum atomic E-state index is -2.02. The molecule has 18 atom stereocenters. The molecule has 0 amide bonds. The molecular formula is C88H154BrFO10Si3. The Balaban J connectivity index is 0.000000402. The van der Waals surface area contributed by atoms with E-state index in [4.69, 9.17) is 29.2 Å². The lowest BCUT2D eigenvalue weighted by Gasteiger charge is -2.45. The van der Waals surface area contributed by atoms with Crippen LogP contribution < -0.4 is 0 Å². The van der Waals surface area contributed by atoms with E-state index >= 15 is 0 Å². The number of fused-ring (bicyclic) bond motifs is 2. The third-order valence-corrected chi connectivity index (χ3v) is 41.7. The van der Waals surface area contributed by atoms with E-state index in [0.29, 0.717) is 71.5 Å². The lowest BCUT2D eigenvalue weighted by molar-refractivity contribution is -0.141. The number of halogens is 2. The summed E-state index contributed by atoms with van der Waals surface area (Å²) in [7, 11) is -5.81. The van der Waals surface area contributed by atoms with E-state index in [1.165, 1.54) is 63.4 Å². The molecule has 5 saturated carbocycles. The van der Waals surface area contributed by atoms with E-state index in [0.717, 1.165) is 94.6 Å². The van der Waals surface area contributed by atoms with E-state index < -0.39 is 37.2 Å². The molecule has 15 heteroatoms. The second-order valence-corrected chi connectivity index (χ2v) is 52.0. The van der Waals surface area contributed by atoms with Gasteiger partial charge in [-0.2, -0.15) is 0 Å². The molecule has 0 aromatic heterocycles. The van der Waals surface area contributed by atoms with Crippen LogP contribution in [-0.4, -0.2) is 102 Å². The largest absolute Gasteiger partial charge is 0.458 e. The van der Waals surface area contributed by atoms with Gasteiger partial charge in [-0.3, -0.25) is 4.70 Å². The average molecular weight is 1560 g/mol. The molecule has 2 aliphatic heterocycles. The molecule has 7 fully saturated rings. The normalized spacial score (nSPS) is 31.0. The fraction of sp³-hybridized carbons (Fsp3) is 0.795. The molecule has 0 spiro atoms. The molecule has 7 rings (SSSR count). The van der Waals surface area contributed by atoms with Gasteiger partial charge < -0.3 is 38.1 Å². The number of allylic oxidation sites excluding steroid dienone is 4. The van der Waals surface area contributed by atoms with Crippen molar-refractivity contribution < 1.29 is 52.4 Å². The van der Waals surface area contributed by atoms with Gasteiger partial charge in [0.05, 0.1) is 24.4 Å². The number of aliphatic hydroxyl groups excluding tert-OH is 3. The molecule has 103 heavy (non-hydrogen) atoms. The Kier molecular flexibility index (Phi) is 37.7. The van der Waals surface area contributed by atoms with Crippen LogP contribution in [-0.2, 0) is 32.3 Å². The van der Waals surface area contributed by atoms with E-state index in [1.54, 1.807) is 5.57 Å². The number of cyclic esters (lactones) is 2. The summed E-state index contributed by atoms with van der Waals surface area (Å²) in [5, 5.41) is 31.1. The lowest BCUT2D eigenvalue weighted by Crippen LogP contribution is -2.50. The van der Waals surface area contributed by atoms with Gasteiger partial charge >= 0.3 is 11.9 Å². The second-order valence-electron chi connectivity index (χ2n) is 37.3. The number of carbonyl (C=O) groups is 2. The highest BCUT2D eigenvalue weighted by Crippen LogP contribution is 2.62. The standard InChI is InChI=1S/C34H52O5.C29H60O3Si3.C23H35BrO2.C2H6.FH/c1-6-7-11-26-23(4)33(38)39-31(26)19-21(2)28-15-16-29-24(10-8-17-34(28,29)5)13-14-25-20-30(36)27(12-9-18-35)32(37)22(25)3;1-18-21-26(32-35(16,17)29(9,10)11)24(22-20-23-30-33(12,13)27(3,4)5)25(19-2)31-34(14,15)28(6,7)8;1-5-6-9-18-16(3)22(25)26-21(18)13-15(2)19-10-11-20-17(14-24)8-7-12-23(19,20)4;1-2;/h13-14,21,26-32,35-37H,3-4,6-12,15-20H2,1-2,5H3;1,19,24-26H,2,20-23H2,3-17H3;14-15,18-21H,3,5-13H2,1-2,4H3;1-2H3;1H/b24-13+,25-14-;;17-14+;;/t21-,26-,27+,28-,29+,30-,31+,32-,34-;24-,25-,26-;15-,18-,19-,20+,21+,23-;;/m111../s1. The predicted molar refractivity (Wildman–Crippen MR) is 444 cm³/mol. The second kappa shape index (κ2) is 41.0. The van der Waals surface area contributed by atoms with Gasteiger partial charge in [-0.15, -0.1) is 18.9 Å². The zero-order valence-electron chi connectivity index (χ0n) is 69.8. The summed E-state index contributed by atoms with van der Waals surface area (Å²) in [5.74, 6) is 6.53. The summed E-state index contributed by atoms with van der Waals surface area (Å²) < 4.78 is 32.1. The van der Waals surface area contributed by atoms with Crippen LogP contribution in [0.1, 0.15) is 272 Å². The Bertz CT molecular complexity index is 2870. The zero-order chi connectivity index (χ0) is 77.3. The van der Waals surface area contributed by atoms with Crippen molar-refractivity contribution in [1.29, 1.82) is 0 Å². The molecule has 0 radical (unpaired) electrons. The number of rotatable bonds is 29. The molecule has 0 bridgehead atoms. The van der Waals surface area contributed by atoms with E-state index in [9.17, 15) is 24.9 Å². The Morgan fingerprint density at radius 3 is 1.56 bits per heavy atom. The number of aliphatic hydroxyl groups is 3. The van der Waals surface area contributed by atoms with Crippen LogP contribution in [0.3, 0.4) is 0 Å². The SMILES string of the molecule is C#CC[C@@H](O[Si](C)(C)C(C)(C)C)[C@H](CCCO[Si](C)(C)C(C)(C)C)[C@@H](C=C)O[Si](C)(C)C(C)(C)C.C=C1/C(=C\C=C2/CCC[C@]3(C)[C@@H]([C@H](C)C[C@@H]4OC(=O)C(=C)[C@H]4CCCC)CC[C@@H]23)C[C@@H](O)[C@H](CCCO)[C@@H]1O.C=C1C(=O)O[C@@H](C[C@@H](C)[C@H]2CC[C@H]3/C(=C/Br)CCC[C@]23C)[C@@H]1CCCC.CC.F. The summed E-state index contributed by atoms with van der Waals surface area (Å²) in [6.45, 7) is 69.9. The van der Waals surface area contributed by atoms with Crippen molar-refractivity contribution >= 4 is 52.8 Å². The maximum atomic E-state index is 12.3. The van der Waals surface area contributed by atoms with Gasteiger partial charge in [-0.1, -0.05) is 208 Å². The third kappa shape index (κ3) is 24.0. The van der Waals surface area contributed by atoms with E-state index in [2.05, 4.69) is 208 Å². The number of terminal acetylenes is 1. The first-order valence-corrected chi connectivity index (χ1v) is 50.3. The molecule has 0 unspecified atom stereocenters. The molecule has 2 saturated heterocycles. The van der Waals surface area contributed by atoms with E-state index in [1.807, 2.05) is 19.9 Å². The average Bonchev–Trinajstić information content (AvgIpc) is 1.63. The monoisotopic (exact) mass is 1550 g/mol. The van der Waals surface area contributed by atoms with Crippen molar-refractivity contribution in [3.8, 4) is 12.3 Å². The molecule has 0 aromatic rings. The summed E-state index contributed by atoms with van der Waals surface area (Å²) in [6, 6.07) is 0. The number of hydrogen-bond acceptors (Lipinski definition) is 10. The van der Waals surface area contributed by atoms with Crippen molar-refractivity contribution in [2.45, 2.75) is 363 Å². The number of unbranched alkanes of at least 4 members (excludes halogenated alkanes) is 2. The Labute approximate surface area is 642 Å². The van der Waals surface area contributed by atoms with Crippen molar-refractivity contribution in [3.63, 3.8) is 0 Å². The van der Waals surface area contributed by atoms with Crippen molar-refractivity contribution in [3.05, 3.63) is 83.0 Å². The summed E-state index contributed by atoms with van der Waals surface area (Å²) in [6.07, 6.45) is 35.8. The van der Waals surface area contributed by atoms with Crippen LogP contribution in [0.2, 0.25) is 54.4 Å². The molecule has 7 aliphatic rings. The zero-order valence-corrected chi connectivity index (χ0v) is 74.4. The van der Waals surface area contributed by atoms with Gasteiger partial charge in [-0.25, -0.2) is 9.59 Å². The predicted octanol–water partition coefficient (Wildman–Crippen LogP) is 23.8. The first kappa shape index (κ1) is 94.7. The maximum absolute atomic E-state index is 12.3. The number of carbonyl (C=O) groups excluding carboxylic acids is 2. The number of ether oxygens (including phenoxy) is 2. The maximum Gasteiger partial charge on any atom is 0.334 e. The molecule has 592 valence electrons. The highest BCUT2D eigenvalue weighted by atomic mass is 79.9. The van der Waals surface area contributed by atoms with Gasteiger partial charge in [0.15, 0.2) is 25.0 Å². The van der Waals surface area contributed by atoms with Crippen LogP contribution in [0.5, 0.6) is 0 Å². The fourth-order valence-electron chi connectivity index (χ4n) is 18.2. The minimum absolute atomic E-state index is 0. The minimum Gasteiger partial charge on any atom is -0.458 e. The van der Waals surface area contributed by atoms with Crippen LogP contribution >= 0.6 is 15.9 Å². The van der Waals surface area contributed by atoms with Gasteiger partial charge in [0.2, 0.25) is 0 Å².